The van der Waals surface area contributed by atoms with E-state index in [-0.39, 0.29) is 4.90 Å². The molecule has 35 heavy (non-hydrogen) atoms. The summed E-state index contributed by atoms with van der Waals surface area (Å²) in [6, 6.07) is 29.6. The number of anilines is 2. The maximum atomic E-state index is 13.9. The molecule has 5 aromatic rings. The van der Waals surface area contributed by atoms with E-state index in [1.807, 2.05) is 85.6 Å². The Hall–Kier alpha value is -4.10. The number of para-hydroxylation sites is 1. The van der Waals surface area contributed by atoms with Gasteiger partial charge in [-0.2, -0.15) is 0 Å². The predicted molar refractivity (Wildman–Crippen MR) is 140 cm³/mol. The normalized spacial score (nSPS) is 11.5. The summed E-state index contributed by atoms with van der Waals surface area (Å²) < 4.78 is 34.7. The third-order valence-corrected chi connectivity index (χ3v) is 7.60. The lowest BCUT2D eigenvalue weighted by Crippen LogP contribution is -2.15. The lowest BCUT2D eigenvalue weighted by Gasteiger charge is -2.20. The monoisotopic (exact) mass is 483 g/mol. The highest BCUT2D eigenvalue weighted by Crippen LogP contribution is 2.37. The van der Waals surface area contributed by atoms with Crippen molar-refractivity contribution in [3.63, 3.8) is 0 Å². The van der Waals surface area contributed by atoms with Crippen LogP contribution in [-0.4, -0.2) is 31.0 Å². The van der Waals surface area contributed by atoms with Gasteiger partial charge in [-0.25, -0.2) is 17.4 Å². The van der Waals surface area contributed by atoms with Gasteiger partial charge in [0, 0.05) is 24.3 Å². The van der Waals surface area contributed by atoms with Gasteiger partial charge in [-0.3, -0.25) is 0 Å². The van der Waals surface area contributed by atoms with Gasteiger partial charge in [0.25, 0.3) is 10.0 Å². The quantitative estimate of drug-likeness (QED) is 0.280. The first-order valence-electron chi connectivity index (χ1n) is 11.3. The van der Waals surface area contributed by atoms with Crippen molar-refractivity contribution in [1.82, 2.24) is 8.96 Å². The third-order valence-electron chi connectivity index (χ3n) is 5.89. The fourth-order valence-corrected chi connectivity index (χ4v) is 5.68. The number of ether oxygens (including phenoxy) is 1. The summed E-state index contributed by atoms with van der Waals surface area (Å²) in [6.07, 6.45) is 1.65. The van der Waals surface area contributed by atoms with Crippen LogP contribution >= 0.6 is 0 Å². The number of rotatable bonds is 7. The number of benzene rings is 3. The molecule has 2 heterocycles. The molecule has 0 amide bonds. The van der Waals surface area contributed by atoms with E-state index in [1.165, 1.54) is 3.97 Å². The van der Waals surface area contributed by atoms with Gasteiger partial charge in [0.1, 0.15) is 5.75 Å². The molecule has 0 unspecified atom stereocenters. The lowest BCUT2D eigenvalue weighted by atomic mass is 10.1. The fourth-order valence-electron chi connectivity index (χ4n) is 4.18. The molecule has 0 atom stereocenters. The molecule has 3 aromatic carbocycles. The smallest absolute Gasteiger partial charge is 0.269 e. The SMILES string of the molecule is CCOc1ccc(-c2cc3c(N(C)c4ccccc4)ccnc3n2S(=O)(=O)c2ccccc2)cc1. The van der Waals surface area contributed by atoms with Crippen molar-refractivity contribution >= 4 is 32.4 Å². The zero-order valence-electron chi connectivity index (χ0n) is 19.5. The van der Waals surface area contributed by atoms with Crippen LogP contribution in [0.4, 0.5) is 11.4 Å². The summed E-state index contributed by atoms with van der Waals surface area (Å²) in [5.41, 5.74) is 3.50. The van der Waals surface area contributed by atoms with Gasteiger partial charge in [0.05, 0.1) is 22.9 Å². The lowest BCUT2D eigenvalue weighted by molar-refractivity contribution is 0.340. The molecule has 0 aliphatic rings. The van der Waals surface area contributed by atoms with Crippen molar-refractivity contribution in [2.24, 2.45) is 0 Å². The summed E-state index contributed by atoms with van der Waals surface area (Å²) >= 11 is 0. The minimum Gasteiger partial charge on any atom is -0.494 e. The molecular formula is C28H25N3O3S. The van der Waals surface area contributed by atoms with Crippen LogP contribution in [0.2, 0.25) is 0 Å². The predicted octanol–water partition coefficient (Wildman–Crippen LogP) is 6.11. The van der Waals surface area contributed by atoms with Crippen molar-refractivity contribution < 1.29 is 13.2 Å². The molecule has 0 bridgehead atoms. The van der Waals surface area contributed by atoms with Gasteiger partial charge < -0.3 is 9.64 Å². The first kappa shape index (κ1) is 22.7. The van der Waals surface area contributed by atoms with Crippen molar-refractivity contribution in [3.05, 3.63) is 103 Å². The summed E-state index contributed by atoms with van der Waals surface area (Å²) in [4.78, 5) is 6.77. The second kappa shape index (κ2) is 9.27. The summed E-state index contributed by atoms with van der Waals surface area (Å²) in [7, 11) is -1.96. The first-order valence-corrected chi connectivity index (χ1v) is 12.8. The Morgan fingerprint density at radius 1 is 0.886 bits per heavy atom. The van der Waals surface area contributed by atoms with E-state index in [0.29, 0.717) is 17.9 Å². The molecule has 176 valence electrons. The van der Waals surface area contributed by atoms with Gasteiger partial charge in [0.2, 0.25) is 0 Å². The summed E-state index contributed by atoms with van der Waals surface area (Å²) in [6.45, 7) is 2.48. The van der Waals surface area contributed by atoms with Gasteiger partial charge in [-0.1, -0.05) is 36.4 Å². The van der Waals surface area contributed by atoms with E-state index in [0.717, 1.165) is 28.1 Å². The number of fused-ring (bicyclic) bond motifs is 1. The van der Waals surface area contributed by atoms with Gasteiger partial charge >= 0.3 is 0 Å². The second-order valence-corrected chi connectivity index (χ2v) is 9.82. The van der Waals surface area contributed by atoms with Gasteiger partial charge in [-0.15, -0.1) is 0 Å². The Bertz CT molecular complexity index is 1560. The van der Waals surface area contributed by atoms with Crippen LogP contribution in [-0.2, 0) is 10.0 Å². The molecule has 6 nitrogen and oxygen atoms in total. The van der Waals surface area contributed by atoms with Gasteiger partial charge in [-0.05, 0) is 73.2 Å². The molecule has 0 spiro atoms. The highest BCUT2D eigenvalue weighted by Gasteiger charge is 2.26. The largest absolute Gasteiger partial charge is 0.494 e. The average Bonchev–Trinajstić information content (AvgIpc) is 3.31. The van der Waals surface area contributed by atoms with Crippen LogP contribution in [0.25, 0.3) is 22.3 Å². The zero-order chi connectivity index (χ0) is 24.4. The Morgan fingerprint density at radius 2 is 1.54 bits per heavy atom. The van der Waals surface area contributed by atoms with Crippen molar-refractivity contribution in [1.29, 1.82) is 0 Å². The van der Waals surface area contributed by atoms with E-state index in [2.05, 4.69) is 4.98 Å². The van der Waals surface area contributed by atoms with Crippen molar-refractivity contribution in [3.8, 4) is 17.0 Å². The third kappa shape index (κ3) is 4.15. The van der Waals surface area contributed by atoms with E-state index in [9.17, 15) is 8.42 Å². The Morgan fingerprint density at radius 3 is 2.20 bits per heavy atom. The summed E-state index contributed by atoms with van der Waals surface area (Å²) in [5, 5.41) is 0.738. The molecule has 0 fully saturated rings. The molecule has 5 rings (SSSR count). The van der Waals surface area contributed by atoms with Gasteiger partial charge in [0.15, 0.2) is 5.65 Å². The maximum Gasteiger partial charge on any atom is 0.269 e. The number of aromatic nitrogens is 2. The standard InChI is InChI=1S/C28H25N3O3S/c1-3-34-23-16-14-21(15-17-23)27-20-25-26(30(2)22-10-6-4-7-11-22)18-19-29-28(25)31(27)35(32,33)24-12-8-5-9-13-24/h4-20H,3H2,1-2H3. The second-order valence-electron chi connectivity index (χ2n) is 8.03. The number of nitrogens with zero attached hydrogens (tertiary/aromatic N) is 3. The van der Waals surface area contributed by atoms with E-state index in [1.54, 1.807) is 36.5 Å². The van der Waals surface area contributed by atoms with E-state index in [4.69, 9.17) is 4.74 Å². The van der Waals surface area contributed by atoms with Crippen molar-refractivity contribution in [2.45, 2.75) is 11.8 Å². The molecule has 0 saturated heterocycles. The van der Waals surface area contributed by atoms with Crippen LogP contribution in [0.1, 0.15) is 6.92 Å². The Balaban J connectivity index is 1.77. The fraction of sp³-hybridized carbons (Fsp3) is 0.107. The first-order chi connectivity index (χ1) is 17.0. The Labute approximate surface area is 205 Å². The molecule has 0 aliphatic carbocycles. The van der Waals surface area contributed by atoms with Crippen LogP contribution < -0.4 is 9.64 Å². The van der Waals surface area contributed by atoms with Crippen molar-refractivity contribution in [2.75, 3.05) is 18.6 Å². The van der Waals surface area contributed by atoms with Crippen LogP contribution in [0.5, 0.6) is 5.75 Å². The zero-order valence-corrected chi connectivity index (χ0v) is 20.3. The molecule has 0 saturated carbocycles. The van der Waals surface area contributed by atoms with E-state index < -0.39 is 10.0 Å². The molecule has 0 aliphatic heterocycles. The topological polar surface area (TPSA) is 64.4 Å². The summed E-state index contributed by atoms with van der Waals surface area (Å²) in [5.74, 6) is 0.729. The molecule has 0 radical (unpaired) electrons. The maximum absolute atomic E-state index is 13.9. The minimum atomic E-state index is -3.92. The number of pyridine rings is 1. The van der Waals surface area contributed by atoms with Crippen LogP contribution in [0.15, 0.2) is 108 Å². The highest BCUT2D eigenvalue weighted by molar-refractivity contribution is 7.90. The van der Waals surface area contributed by atoms with Crippen LogP contribution in [0, 0.1) is 0 Å². The molecular weight excluding hydrogens is 458 g/mol. The molecule has 0 N–H and O–H groups in total. The minimum absolute atomic E-state index is 0.202. The van der Waals surface area contributed by atoms with Crippen LogP contribution in [0.3, 0.4) is 0 Å². The number of hydrogen-bond acceptors (Lipinski definition) is 5. The molecule has 7 heteroatoms. The Kier molecular flexibility index (Phi) is 6.01. The average molecular weight is 484 g/mol. The highest BCUT2D eigenvalue weighted by atomic mass is 32.2. The van der Waals surface area contributed by atoms with E-state index >= 15 is 0 Å². The molecule has 2 aromatic heterocycles. The number of hydrogen-bond donors (Lipinski definition) is 0.